The fourth-order valence-corrected chi connectivity index (χ4v) is 3.45. The van der Waals surface area contributed by atoms with Gasteiger partial charge in [0.05, 0.1) is 19.8 Å². The summed E-state index contributed by atoms with van der Waals surface area (Å²) in [6, 6.07) is 3.68. The van der Waals surface area contributed by atoms with Crippen molar-refractivity contribution in [3.05, 3.63) is 27.7 Å². The number of rotatable bonds is 14. The Morgan fingerprint density at radius 3 is 1.71 bits per heavy atom. The molecule has 1 rings (SSSR count). The number of aliphatic hydroxyl groups is 2. The zero-order valence-corrected chi connectivity index (χ0v) is 16.6. The molecule has 0 unspecified atom stereocenters. The third-order valence-electron chi connectivity index (χ3n) is 4.29. The minimum atomic E-state index is -0.0835. The van der Waals surface area contributed by atoms with E-state index in [-0.39, 0.29) is 13.2 Å². The Labute approximate surface area is 155 Å². The lowest BCUT2D eigenvalue weighted by Gasteiger charge is -2.14. The maximum Gasteiger partial charge on any atom is 0.130 e. The summed E-state index contributed by atoms with van der Waals surface area (Å²) in [7, 11) is 0. The second-order valence-corrected chi connectivity index (χ2v) is 7.32. The largest absolute Gasteiger partial charge is 0.493 e. The predicted molar refractivity (Wildman–Crippen MR) is 103 cm³/mol. The van der Waals surface area contributed by atoms with Gasteiger partial charge in [0.25, 0.3) is 0 Å². The molecule has 3 nitrogen and oxygen atoms in total. The molecule has 0 aliphatic rings. The van der Waals surface area contributed by atoms with Gasteiger partial charge in [0, 0.05) is 15.6 Å². The van der Waals surface area contributed by atoms with Gasteiger partial charge < -0.3 is 14.9 Å². The molecule has 0 aliphatic carbocycles. The minimum Gasteiger partial charge on any atom is -0.493 e. The molecule has 2 N–H and O–H groups in total. The van der Waals surface area contributed by atoms with Gasteiger partial charge in [-0.15, -0.1) is 0 Å². The van der Waals surface area contributed by atoms with Crippen molar-refractivity contribution in [3.8, 4) is 5.75 Å². The van der Waals surface area contributed by atoms with Crippen LogP contribution in [0.3, 0.4) is 0 Å². The van der Waals surface area contributed by atoms with Crippen LogP contribution in [0.25, 0.3) is 0 Å². The molecule has 0 fully saturated rings. The van der Waals surface area contributed by atoms with Crippen molar-refractivity contribution in [2.45, 2.75) is 84.3 Å². The van der Waals surface area contributed by atoms with Gasteiger partial charge in [-0.05, 0) is 18.6 Å². The van der Waals surface area contributed by atoms with Crippen molar-refractivity contribution in [2.24, 2.45) is 0 Å². The van der Waals surface area contributed by atoms with E-state index in [0.29, 0.717) is 12.4 Å². The first-order valence-corrected chi connectivity index (χ1v) is 10.2. The molecular weight excluding hydrogens is 368 g/mol. The lowest BCUT2D eigenvalue weighted by Crippen LogP contribution is -2.04. The van der Waals surface area contributed by atoms with Crippen molar-refractivity contribution in [1.29, 1.82) is 0 Å². The average molecular weight is 401 g/mol. The maximum absolute atomic E-state index is 9.46. The van der Waals surface area contributed by atoms with Crippen molar-refractivity contribution in [2.75, 3.05) is 6.61 Å². The first-order chi connectivity index (χ1) is 11.7. The van der Waals surface area contributed by atoms with E-state index in [0.717, 1.165) is 22.0 Å². The van der Waals surface area contributed by atoms with Gasteiger partial charge in [-0.3, -0.25) is 0 Å². The quantitative estimate of drug-likeness (QED) is 0.391. The summed E-state index contributed by atoms with van der Waals surface area (Å²) in [4.78, 5) is 0. The molecule has 0 aliphatic heterocycles. The molecule has 0 heterocycles. The van der Waals surface area contributed by atoms with Gasteiger partial charge in [-0.2, -0.15) is 0 Å². The van der Waals surface area contributed by atoms with Crippen molar-refractivity contribution in [3.63, 3.8) is 0 Å². The predicted octanol–water partition coefficient (Wildman–Crippen LogP) is 5.73. The van der Waals surface area contributed by atoms with Crippen molar-refractivity contribution in [1.82, 2.24) is 0 Å². The van der Waals surface area contributed by atoms with E-state index in [4.69, 9.17) is 4.74 Å². The molecule has 1 aromatic rings. The van der Waals surface area contributed by atoms with E-state index in [1.54, 1.807) is 0 Å². The van der Waals surface area contributed by atoms with Crippen LogP contribution in [0.1, 0.15) is 82.3 Å². The normalized spacial score (nSPS) is 11.0. The molecule has 0 radical (unpaired) electrons. The maximum atomic E-state index is 9.46. The number of ether oxygens (including phenoxy) is 1. The van der Waals surface area contributed by atoms with Crippen LogP contribution in [0, 0.1) is 0 Å². The first-order valence-electron chi connectivity index (χ1n) is 9.38. The number of unbranched alkanes of at least 4 members (excludes halogenated alkanes) is 9. The fourth-order valence-electron chi connectivity index (χ4n) is 2.90. The number of halogens is 1. The molecule has 0 aromatic heterocycles. The molecule has 0 atom stereocenters. The Morgan fingerprint density at radius 2 is 1.25 bits per heavy atom. The summed E-state index contributed by atoms with van der Waals surface area (Å²) in [5.41, 5.74) is 1.45. The summed E-state index contributed by atoms with van der Waals surface area (Å²) in [6.45, 7) is 2.72. The summed E-state index contributed by atoms with van der Waals surface area (Å²) >= 11 is 3.39. The number of hydrogen-bond acceptors (Lipinski definition) is 3. The van der Waals surface area contributed by atoms with Gasteiger partial charge >= 0.3 is 0 Å². The van der Waals surface area contributed by atoms with Crippen LogP contribution in [0.5, 0.6) is 5.75 Å². The van der Waals surface area contributed by atoms with E-state index >= 15 is 0 Å². The molecule has 138 valence electrons. The number of aliphatic hydroxyl groups excluding tert-OH is 2. The highest BCUT2D eigenvalue weighted by Gasteiger charge is 2.10. The Balaban J connectivity index is 2.17. The van der Waals surface area contributed by atoms with Crippen LogP contribution >= 0.6 is 15.9 Å². The van der Waals surface area contributed by atoms with Crippen LogP contribution in [-0.2, 0) is 13.2 Å². The van der Waals surface area contributed by atoms with Crippen LogP contribution in [0.4, 0.5) is 0 Å². The standard InChI is InChI=1S/C20H33BrO3/c1-2-3-4-5-6-7-8-9-10-11-12-24-20-17(15-22)13-19(21)14-18(20)16-23/h13-14,22-23H,2-12,15-16H2,1H3. The smallest absolute Gasteiger partial charge is 0.130 e. The first kappa shape index (κ1) is 21.5. The zero-order chi connectivity index (χ0) is 17.6. The lowest BCUT2D eigenvalue weighted by atomic mass is 10.1. The Hall–Kier alpha value is -0.580. The van der Waals surface area contributed by atoms with Gasteiger partial charge in [-0.25, -0.2) is 0 Å². The summed E-state index contributed by atoms with van der Waals surface area (Å²) in [6.07, 6.45) is 12.9. The SMILES string of the molecule is CCCCCCCCCCCCOc1c(CO)cc(Br)cc1CO. The molecule has 24 heavy (non-hydrogen) atoms. The second-order valence-electron chi connectivity index (χ2n) is 6.40. The monoisotopic (exact) mass is 400 g/mol. The molecule has 1 aromatic carbocycles. The Morgan fingerprint density at radius 1 is 0.792 bits per heavy atom. The van der Waals surface area contributed by atoms with E-state index in [2.05, 4.69) is 22.9 Å². The van der Waals surface area contributed by atoms with Gasteiger partial charge in [-0.1, -0.05) is 80.6 Å². The van der Waals surface area contributed by atoms with Crippen molar-refractivity contribution >= 4 is 15.9 Å². The van der Waals surface area contributed by atoms with Crippen LogP contribution in [-0.4, -0.2) is 16.8 Å². The fraction of sp³-hybridized carbons (Fsp3) is 0.700. The number of benzene rings is 1. The molecule has 0 bridgehead atoms. The molecule has 0 saturated carbocycles. The van der Waals surface area contributed by atoms with Gasteiger partial charge in [0.2, 0.25) is 0 Å². The Kier molecular flexibility index (Phi) is 12.2. The minimum absolute atomic E-state index is 0.0835. The third kappa shape index (κ3) is 8.50. The second kappa shape index (κ2) is 13.7. The van der Waals surface area contributed by atoms with E-state index < -0.39 is 0 Å². The lowest BCUT2D eigenvalue weighted by molar-refractivity contribution is 0.243. The van der Waals surface area contributed by atoms with E-state index in [1.807, 2.05) is 12.1 Å². The highest BCUT2D eigenvalue weighted by molar-refractivity contribution is 9.10. The molecule has 0 amide bonds. The van der Waals surface area contributed by atoms with Gasteiger partial charge in [0.15, 0.2) is 0 Å². The van der Waals surface area contributed by atoms with Crippen LogP contribution in [0.2, 0.25) is 0 Å². The summed E-state index contributed by atoms with van der Waals surface area (Å²) in [5, 5.41) is 18.9. The van der Waals surface area contributed by atoms with E-state index in [9.17, 15) is 10.2 Å². The van der Waals surface area contributed by atoms with Gasteiger partial charge in [0.1, 0.15) is 5.75 Å². The third-order valence-corrected chi connectivity index (χ3v) is 4.75. The van der Waals surface area contributed by atoms with E-state index in [1.165, 1.54) is 57.8 Å². The summed E-state index contributed by atoms with van der Waals surface area (Å²) in [5.74, 6) is 0.638. The number of hydrogen-bond donors (Lipinski definition) is 2. The highest BCUT2D eigenvalue weighted by Crippen LogP contribution is 2.29. The zero-order valence-electron chi connectivity index (χ0n) is 15.0. The molecular formula is C20H33BrO3. The topological polar surface area (TPSA) is 49.7 Å². The average Bonchev–Trinajstić information content (AvgIpc) is 2.59. The molecule has 0 saturated heterocycles. The van der Waals surface area contributed by atoms with Crippen LogP contribution in [0.15, 0.2) is 16.6 Å². The van der Waals surface area contributed by atoms with Crippen molar-refractivity contribution < 1.29 is 14.9 Å². The highest BCUT2D eigenvalue weighted by atomic mass is 79.9. The molecule has 4 heteroatoms. The summed E-state index contributed by atoms with van der Waals surface area (Å²) < 4.78 is 6.69. The van der Waals surface area contributed by atoms with Crippen LogP contribution < -0.4 is 4.74 Å². The Bertz CT molecular complexity index is 424. The molecule has 0 spiro atoms.